The van der Waals surface area contributed by atoms with Crippen LogP contribution in [0.4, 0.5) is 0 Å². The van der Waals surface area contributed by atoms with Gasteiger partial charge in [-0.15, -0.1) is 0 Å². The minimum Gasteiger partial charge on any atom is -0.463 e. The zero-order chi connectivity index (χ0) is 27.5. The first kappa shape index (κ1) is 28.1. The van der Waals surface area contributed by atoms with Crippen LogP contribution in [0.3, 0.4) is 0 Å². The molecule has 1 aromatic rings. The molecule has 0 bridgehead atoms. The molecule has 4 fully saturated rings. The lowest BCUT2D eigenvalue weighted by atomic mass is 9.43. The van der Waals surface area contributed by atoms with Gasteiger partial charge in [0.1, 0.15) is 17.8 Å². The summed E-state index contributed by atoms with van der Waals surface area (Å²) in [5.41, 5.74) is -0.842. The Balaban J connectivity index is 1.46. The van der Waals surface area contributed by atoms with E-state index in [4.69, 9.17) is 9.47 Å². The monoisotopic (exact) mass is 636 g/mol. The molecular weight excluding hydrogens is 595 g/mol. The Kier molecular flexibility index (Phi) is 7.51. The Hall–Kier alpha value is -1.48. The molecule has 4 saturated carbocycles. The minimum atomic E-state index is -1.32. The number of rotatable bonds is 5. The SMILES string of the molecule is CC(=O)O[C@@H]1CC[C@@]2(C)[C@H](C1)C[C@H](OC(=O)Cc1cccc(I)c1)[C@@H]1[C@H]2CC[C@@]2(C)[C@H]1CC[C@]2(O)C(C)=O. The molecule has 7 heteroatoms. The van der Waals surface area contributed by atoms with E-state index in [1.54, 1.807) is 0 Å². The number of halogens is 1. The first-order valence-corrected chi connectivity index (χ1v) is 15.3. The van der Waals surface area contributed by atoms with Gasteiger partial charge in [0.25, 0.3) is 0 Å². The summed E-state index contributed by atoms with van der Waals surface area (Å²) in [5.74, 6) is 0.240. The van der Waals surface area contributed by atoms with Crippen molar-refractivity contribution in [3.63, 3.8) is 0 Å². The van der Waals surface area contributed by atoms with Crippen LogP contribution in [0.5, 0.6) is 0 Å². The number of hydrogen-bond acceptors (Lipinski definition) is 6. The van der Waals surface area contributed by atoms with Gasteiger partial charge >= 0.3 is 11.9 Å². The van der Waals surface area contributed by atoms with Gasteiger partial charge in [-0.2, -0.15) is 0 Å². The average Bonchev–Trinajstić information content (AvgIpc) is 3.11. The fourth-order valence-electron chi connectivity index (χ4n) is 9.24. The highest BCUT2D eigenvalue weighted by molar-refractivity contribution is 14.1. The van der Waals surface area contributed by atoms with Crippen LogP contribution in [0.25, 0.3) is 0 Å². The standard InChI is InChI=1S/C31H41IO6/c1-18(33)31(36)13-10-25-28-24(9-12-30(25,31)4)29(3)11-8-23(37-19(2)34)16-21(29)17-26(28)38-27(35)15-20-6-5-7-22(32)14-20/h5-7,14,21,23-26,28,36H,8-13,15-17H2,1-4H3/t21-,23-,24-,25+,26+,28-,29+,30+,31+/m1/s1. The van der Waals surface area contributed by atoms with Gasteiger partial charge < -0.3 is 14.6 Å². The fourth-order valence-corrected chi connectivity index (χ4v) is 9.85. The van der Waals surface area contributed by atoms with E-state index in [0.29, 0.717) is 12.3 Å². The molecule has 0 saturated heterocycles. The zero-order valence-electron chi connectivity index (χ0n) is 23.0. The Bertz CT molecular complexity index is 1120. The maximum atomic E-state index is 13.3. The van der Waals surface area contributed by atoms with Crippen LogP contribution >= 0.6 is 22.6 Å². The lowest BCUT2D eigenvalue weighted by Gasteiger charge is -2.63. The van der Waals surface area contributed by atoms with Crippen LogP contribution in [-0.4, -0.2) is 40.6 Å². The third-order valence-corrected chi connectivity index (χ3v) is 11.9. The molecule has 0 amide bonds. The van der Waals surface area contributed by atoms with E-state index < -0.39 is 11.0 Å². The highest BCUT2D eigenvalue weighted by atomic mass is 127. The topological polar surface area (TPSA) is 89.9 Å². The van der Waals surface area contributed by atoms with E-state index >= 15 is 0 Å². The van der Waals surface area contributed by atoms with Gasteiger partial charge in [0, 0.05) is 21.8 Å². The second-order valence-corrected chi connectivity index (χ2v) is 14.2. The summed E-state index contributed by atoms with van der Waals surface area (Å²) in [6, 6.07) is 7.92. The molecule has 0 aliphatic heterocycles. The van der Waals surface area contributed by atoms with Crippen molar-refractivity contribution in [1.29, 1.82) is 0 Å². The van der Waals surface area contributed by atoms with Crippen molar-refractivity contribution in [1.82, 2.24) is 0 Å². The molecule has 0 spiro atoms. The minimum absolute atomic E-state index is 0.0536. The Morgan fingerprint density at radius 1 is 1.00 bits per heavy atom. The largest absolute Gasteiger partial charge is 0.463 e. The van der Waals surface area contributed by atoms with Crippen molar-refractivity contribution in [3.05, 3.63) is 33.4 Å². The maximum Gasteiger partial charge on any atom is 0.310 e. The molecule has 38 heavy (non-hydrogen) atoms. The third-order valence-electron chi connectivity index (χ3n) is 11.2. The van der Waals surface area contributed by atoms with E-state index in [9.17, 15) is 19.5 Å². The van der Waals surface area contributed by atoms with Crippen molar-refractivity contribution >= 4 is 40.3 Å². The second kappa shape index (κ2) is 10.2. The van der Waals surface area contributed by atoms with Crippen LogP contribution in [0.15, 0.2) is 24.3 Å². The van der Waals surface area contributed by atoms with Gasteiger partial charge in [-0.3, -0.25) is 14.4 Å². The van der Waals surface area contributed by atoms with Gasteiger partial charge in [0.05, 0.1) is 6.42 Å². The Morgan fingerprint density at radius 3 is 2.42 bits per heavy atom. The number of ether oxygens (including phenoxy) is 2. The Labute approximate surface area is 239 Å². The highest BCUT2D eigenvalue weighted by Crippen LogP contribution is 2.68. The molecule has 4 aliphatic rings. The molecule has 208 valence electrons. The van der Waals surface area contributed by atoms with Crippen LogP contribution in [0.1, 0.15) is 84.6 Å². The number of esters is 2. The molecule has 5 rings (SSSR count). The first-order chi connectivity index (χ1) is 17.9. The lowest BCUT2D eigenvalue weighted by molar-refractivity contribution is -0.207. The quantitative estimate of drug-likeness (QED) is 0.332. The summed E-state index contributed by atoms with van der Waals surface area (Å²) in [4.78, 5) is 37.8. The third kappa shape index (κ3) is 4.63. The fraction of sp³-hybridized carbons (Fsp3) is 0.710. The second-order valence-electron chi connectivity index (χ2n) is 13.0. The zero-order valence-corrected chi connectivity index (χ0v) is 25.2. The Morgan fingerprint density at radius 2 is 1.74 bits per heavy atom. The lowest BCUT2D eigenvalue weighted by Crippen LogP contribution is -2.62. The number of fused-ring (bicyclic) bond motifs is 5. The van der Waals surface area contributed by atoms with E-state index in [-0.39, 0.29) is 59.5 Å². The summed E-state index contributed by atoms with van der Waals surface area (Å²) in [6.07, 6.45) is 6.17. The van der Waals surface area contributed by atoms with Crippen molar-refractivity contribution in [2.24, 2.45) is 34.5 Å². The van der Waals surface area contributed by atoms with E-state index in [1.165, 1.54) is 13.8 Å². The molecule has 0 aromatic heterocycles. The number of carbonyl (C=O) groups is 3. The number of Topliss-reactive ketones (excluding diaryl/α,β-unsaturated/α-hetero) is 1. The van der Waals surface area contributed by atoms with Crippen LogP contribution in [0, 0.1) is 38.1 Å². The van der Waals surface area contributed by atoms with Gasteiger partial charge in [-0.1, -0.05) is 26.0 Å². The summed E-state index contributed by atoms with van der Waals surface area (Å²) >= 11 is 2.25. The molecular formula is C31H41IO6. The van der Waals surface area contributed by atoms with Crippen LogP contribution in [0.2, 0.25) is 0 Å². The number of ketones is 1. The summed E-state index contributed by atoms with van der Waals surface area (Å²) in [6.45, 7) is 7.47. The molecule has 6 nitrogen and oxygen atoms in total. The number of aliphatic hydroxyl groups is 1. The normalized spacial score (nSPS) is 41.8. The summed E-state index contributed by atoms with van der Waals surface area (Å²) in [7, 11) is 0. The smallest absolute Gasteiger partial charge is 0.310 e. The predicted molar refractivity (Wildman–Crippen MR) is 151 cm³/mol. The van der Waals surface area contributed by atoms with Crippen molar-refractivity contribution < 1.29 is 29.0 Å². The maximum absolute atomic E-state index is 13.3. The van der Waals surface area contributed by atoms with Crippen molar-refractivity contribution in [2.45, 2.75) is 103 Å². The molecule has 0 unspecified atom stereocenters. The summed E-state index contributed by atoms with van der Waals surface area (Å²) in [5, 5.41) is 11.6. The van der Waals surface area contributed by atoms with Gasteiger partial charge in [-0.05, 0) is 122 Å². The van der Waals surface area contributed by atoms with Crippen molar-refractivity contribution in [3.8, 4) is 0 Å². The van der Waals surface area contributed by atoms with E-state index in [2.05, 4.69) is 36.4 Å². The summed E-state index contributed by atoms with van der Waals surface area (Å²) < 4.78 is 13.1. The molecule has 4 aliphatic carbocycles. The van der Waals surface area contributed by atoms with E-state index in [0.717, 1.165) is 54.1 Å². The molecule has 1 aromatic carbocycles. The average molecular weight is 637 g/mol. The predicted octanol–water partition coefficient (Wildman–Crippen LogP) is 5.65. The molecule has 1 N–H and O–H groups in total. The molecule has 0 radical (unpaired) electrons. The van der Waals surface area contributed by atoms with Gasteiger partial charge in [0.15, 0.2) is 5.78 Å². The number of benzene rings is 1. The van der Waals surface area contributed by atoms with Gasteiger partial charge in [0.2, 0.25) is 0 Å². The first-order valence-electron chi connectivity index (χ1n) is 14.2. The van der Waals surface area contributed by atoms with Crippen LogP contribution in [-0.2, 0) is 30.3 Å². The van der Waals surface area contributed by atoms with Gasteiger partial charge in [-0.25, -0.2) is 0 Å². The van der Waals surface area contributed by atoms with Crippen molar-refractivity contribution in [2.75, 3.05) is 0 Å². The highest BCUT2D eigenvalue weighted by Gasteiger charge is 2.68. The van der Waals surface area contributed by atoms with E-state index in [1.807, 2.05) is 24.3 Å². The van der Waals surface area contributed by atoms with Crippen LogP contribution < -0.4 is 0 Å². The molecule has 0 heterocycles. The molecule has 9 atom stereocenters. The number of hydrogen-bond donors (Lipinski definition) is 1. The number of carbonyl (C=O) groups excluding carboxylic acids is 3.